The summed E-state index contributed by atoms with van der Waals surface area (Å²) in [7, 11) is 2.25. The van der Waals surface area contributed by atoms with Gasteiger partial charge in [0.15, 0.2) is 0 Å². The standard InChI is InChI=1S/C37H40FN2O2/c1-28-35-25-34(42-27-30-9-5-3-6-10-30)19-20-36(35)40(2,37(28)31-13-15-32(38)16-14-31)26-29-11-17-33(18-12-29)41-24-23-39-21-7-4-8-22-39/h3,5-6,9-20,25H,4,7-8,21-24,26-27H2,1-2H3/q+1. The number of quaternary nitrogens is 1. The summed E-state index contributed by atoms with van der Waals surface area (Å²) < 4.78 is 26.8. The third-order valence-electron chi connectivity index (χ3n) is 8.67. The lowest BCUT2D eigenvalue weighted by atomic mass is 10.0. The van der Waals surface area contributed by atoms with E-state index in [2.05, 4.69) is 73.5 Å². The molecular weight excluding hydrogens is 523 g/mol. The van der Waals surface area contributed by atoms with Crippen molar-refractivity contribution in [3.05, 3.63) is 125 Å². The molecule has 1 fully saturated rings. The van der Waals surface area contributed by atoms with Crippen molar-refractivity contribution in [2.75, 3.05) is 33.3 Å². The van der Waals surface area contributed by atoms with Crippen LogP contribution in [0, 0.1) is 5.82 Å². The molecule has 216 valence electrons. The maximum Gasteiger partial charge on any atom is 0.149 e. The molecule has 42 heavy (non-hydrogen) atoms. The van der Waals surface area contributed by atoms with Crippen molar-refractivity contribution < 1.29 is 13.9 Å². The van der Waals surface area contributed by atoms with Crippen LogP contribution < -0.4 is 14.0 Å². The summed E-state index contributed by atoms with van der Waals surface area (Å²) in [5, 5.41) is 0. The van der Waals surface area contributed by atoms with E-state index >= 15 is 0 Å². The fraction of sp³-hybridized carbons (Fsp3) is 0.297. The molecule has 2 aliphatic heterocycles. The number of fused-ring (bicyclic) bond motifs is 1. The van der Waals surface area contributed by atoms with Crippen molar-refractivity contribution in [2.24, 2.45) is 0 Å². The van der Waals surface area contributed by atoms with Crippen molar-refractivity contribution in [1.82, 2.24) is 9.38 Å². The van der Waals surface area contributed by atoms with Gasteiger partial charge in [-0.1, -0.05) is 36.8 Å². The predicted octanol–water partition coefficient (Wildman–Crippen LogP) is 8.31. The number of nitrogens with zero attached hydrogens (tertiary/aromatic N) is 2. The first-order valence-electron chi connectivity index (χ1n) is 15.1. The molecule has 0 aromatic heterocycles. The minimum absolute atomic E-state index is 0.228. The number of hydrogen-bond donors (Lipinski definition) is 0. The van der Waals surface area contributed by atoms with Gasteiger partial charge in [-0.05, 0) is 99.1 Å². The van der Waals surface area contributed by atoms with Crippen LogP contribution in [0.25, 0.3) is 11.3 Å². The summed E-state index contributed by atoms with van der Waals surface area (Å²) in [6.45, 7) is 7.51. The lowest BCUT2D eigenvalue weighted by molar-refractivity contribution is 0.183. The van der Waals surface area contributed by atoms with Crippen LogP contribution in [-0.4, -0.2) is 38.2 Å². The van der Waals surface area contributed by atoms with E-state index in [9.17, 15) is 4.39 Å². The average molecular weight is 564 g/mol. The zero-order valence-electron chi connectivity index (χ0n) is 24.7. The van der Waals surface area contributed by atoms with Gasteiger partial charge in [0.25, 0.3) is 0 Å². The van der Waals surface area contributed by atoms with Gasteiger partial charge in [-0.15, -0.1) is 0 Å². The molecule has 4 nitrogen and oxygen atoms in total. The van der Waals surface area contributed by atoms with E-state index < -0.39 is 0 Å². The Hall–Kier alpha value is -3.93. The molecule has 0 amide bonds. The van der Waals surface area contributed by atoms with Gasteiger partial charge in [0.05, 0.1) is 7.05 Å². The summed E-state index contributed by atoms with van der Waals surface area (Å²) in [4.78, 5) is 2.50. The molecule has 1 saturated heterocycles. The van der Waals surface area contributed by atoms with Gasteiger partial charge < -0.3 is 9.47 Å². The quantitative estimate of drug-likeness (QED) is 0.181. The molecule has 5 heteroatoms. The minimum Gasteiger partial charge on any atom is -0.492 e. The smallest absolute Gasteiger partial charge is 0.149 e. The average Bonchev–Trinajstić information content (AvgIpc) is 3.23. The van der Waals surface area contributed by atoms with E-state index in [1.165, 1.54) is 60.4 Å². The largest absolute Gasteiger partial charge is 0.492 e. The highest BCUT2D eigenvalue weighted by atomic mass is 19.1. The van der Waals surface area contributed by atoms with Crippen LogP contribution in [0.2, 0.25) is 0 Å². The van der Waals surface area contributed by atoms with Crippen molar-refractivity contribution in [2.45, 2.75) is 39.3 Å². The Morgan fingerprint density at radius 3 is 2.21 bits per heavy atom. The molecule has 2 aliphatic rings. The third kappa shape index (κ3) is 6.13. The Labute approximate surface area is 249 Å². The fourth-order valence-electron chi connectivity index (χ4n) is 6.50. The second-order valence-electron chi connectivity index (χ2n) is 11.7. The van der Waals surface area contributed by atoms with Crippen LogP contribution in [0.4, 0.5) is 10.1 Å². The first-order chi connectivity index (χ1) is 20.5. The number of likely N-dealkylation sites (tertiary alicyclic amines) is 1. The van der Waals surface area contributed by atoms with Crippen molar-refractivity contribution in [1.29, 1.82) is 0 Å². The van der Waals surface area contributed by atoms with Gasteiger partial charge in [-0.2, -0.15) is 0 Å². The Balaban J connectivity index is 1.23. The molecule has 6 rings (SSSR count). The summed E-state index contributed by atoms with van der Waals surface area (Å²) in [5.41, 5.74) is 8.11. The number of benzene rings is 4. The molecule has 0 radical (unpaired) electrons. The Bertz CT molecular complexity index is 1530. The normalized spacial score (nSPS) is 18.6. The van der Waals surface area contributed by atoms with Crippen LogP contribution in [-0.2, 0) is 13.2 Å². The molecule has 4 aromatic carbocycles. The van der Waals surface area contributed by atoms with Gasteiger partial charge in [0.2, 0.25) is 0 Å². The number of rotatable bonds is 10. The second-order valence-corrected chi connectivity index (χ2v) is 11.7. The van der Waals surface area contributed by atoms with Crippen LogP contribution in [0.1, 0.15) is 48.4 Å². The van der Waals surface area contributed by atoms with Gasteiger partial charge in [-0.3, -0.25) is 9.38 Å². The molecule has 0 spiro atoms. The Morgan fingerprint density at radius 1 is 0.762 bits per heavy atom. The maximum atomic E-state index is 13.9. The summed E-state index contributed by atoms with van der Waals surface area (Å²) in [6.07, 6.45) is 3.94. The number of allylic oxidation sites excluding steroid dienone is 1. The van der Waals surface area contributed by atoms with Gasteiger partial charge in [0, 0.05) is 34.9 Å². The molecule has 1 atom stereocenters. The first kappa shape index (κ1) is 28.2. The zero-order chi connectivity index (χ0) is 28.9. The highest BCUT2D eigenvalue weighted by Crippen LogP contribution is 2.50. The van der Waals surface area contributed by atoms with Crippen molar-refractivity contribution >= 4 is 17.0 Å². The summed E-state index contributed by atoms with van der Waals surface area (Å²) in [6, 6.07) is 32.0. The zero-order valence-corrected chi connectivity index (χ0v) is 24.7. The molecule has 1 unspecified atom stereocenters. The topological polar surface area (TPSA) is 21.7 Å². The van der Waals surface area contributed by atoms with E-state index in [0.717, 1.165) is 35.7 Å². The van der Waals surface area contributed by atoms with Crippen molar-refractivity contribution in [3.63, 3.8) is 0 Å². The molecule has 0 saturated carbocycles. The van der Waals surface area contributed by atoms with Gasteiger partial charge >= 0.3 is 0 Å². The summed E-state index contributed by atoms with van der Waals surface area (Å²) >= 11 is 0. The number of piperidine rings is 1. The molecule has 4 aromatic rings. The van der Waals surface area contributed by atoms with E-state index in [1.54, 1.807) is 12.1 Å². The SMILES string of the molecule is CC1=C(c2ccc(F)cc2)[N+](C)(Cc2ccc(OCCN3CCCCC3)cc2)c2ccc(OCc3ccccc3)cc21. The van der Waals surface area contributed by atoms with E-state index in [-0.39, 0.29) is 5.82 Å². The third-order valence-corrected chi connectivity index (χ3v) is 8.67. The van der Waals surface area contributed by atoms with E-state index in [1.807, 2.05) is 30.3 Å². The van der Waals surface area contributed by atoms with Crippen LogP contribution >= 0.6 is 0 Å². The lowest BCUT2D eigenvalue weighted by Crippen LogP contribution is -2.40. The van der Waals surface area contributed by atoms with Crippen LogP contribution in [0.3, 0.4) is 0 Å². The summed E-state index contributed by atoms with van der Waals surface area (Å²) in [5.74, 6) is 1.52. The van der Waals surface area contributed by atoms with E-state index in [4.69, 9.17) is 9.47 Å². The molecule has 0 N–H and O–H groups in total. The van der Waals surface area contributed by atoms with Gasteiger partial charge in [-0.25, -0.2) is 4.39 Å². The van der Waals surface area contributed by atoms with Gasteiger partial charge in [0.1, 0.15) is 48.5 Å². The second kappa shape index (κ2) is 12.5. The first-order valence-corrected chi connectivity index (χ1v) is 15.1. The number of ether oxygens (including phenoxy) is 2. The lowest BCUT2D eigenvalue weighted by Gasteiger charge is -2.33. The molecule has 2 heterocycles. The molecular formula is C37H40FN2O2+. The van der Waals surface area contributed by atoms with Crippen LogP contribution in [0.15, 0.2) is 97.1 Å². The minimum atomic E-state index is -0.228. The maximum absolute atomic E-state index is 13.9. The highest BCUT2D eigenvalue weighted by Gasteiger charge is 2.42. The van der Waals surface area contributed by atoms with Crippen LogP contribution in [0.5, 0.6) is 11.5 Å². The molecule has 0 bridgehead atoms. The fourth-order valence-corrected chi connectivity index (χ4v) is 6.50. The Kier molecular flexibility index (Phi) is 8.41. The Morgan fingerprint density at radius 2 is 1.48 bits per heavy atom. The predicted molar refractivity (Wildman–Crippen MR) is 170 cm³/mol. The number of halogens is 1. The monoisotopic (exact) mass is 563 g/mol. The highest BCUT2D eigenvalue weighted by molar-refractivity contribution is 6.02. The number of hydrogen-bond acceptors (Lipinski definition) is 3. The van der Waals surface area contributed by atoms with Crippen molar-refractivity contribution in [3.8, 4) is 11.5 Å². The molecule has 0 aliphatic carbocycles. The van der Waals surface area contributed by atoms with E-state index in [0.29, 0.717) is 17.7 Å².